The molecular weight excluding hydrogens is 262 g/mol. The van der Waals surface area contributed by atoms with Crippen molar-refractivity contribution in [3.8, 4) is 5.75 Å². The topological polar surface area (TPSA) is 49.9 Å². The minimum Gasteiger partial charge on any atom is -0.491 e. The third kappa shape index (κ3) is 2.99. The van der Waals surface area contributed by atoms with Gasteiger partial charge in [-0.25, -0.2) is 0 Å². The number of fused-ring (bicyclic) bond motifs is 1. The van der Waals surface area contributed by atoms with Crippen LogP contribution in [0.2, 0.25) is 0 Å². The molecule has 2 N–H and O–H groups in total. The summed E-state index contributed by atoms with van der Waals surface area (Å²) >= 11 is 0. The number of H-pyrrole nitrogens is 1. The lowest BCUT2D eigenvalue weighted by Gasteiger charge is -2.15. The number of aromatic nitrogens is 2. The summed E-state index contributed by atoms with van der Waals surface area (Å²) in [5.74, 6) is 0.930. The molecule has 0 aliphatic heterocycles. The predicted octanol–water partition coefficient (Wildman–Crippen LogP) is 3.96. The molecule has 108 valence electrons. The van der Waals surface area contributed by atoms with Crippen molar-refractivity contribution in [2.45, 2.75) is 26.5 Å². The predicted molar refractivity (Wildman–Crippen MR) is 85.6 cm³/mol. The van der Waals surface area contributed by atoms with Gasteiger partial charge in [0.1, 0.15) is 5.75 Å². The first-order valence-electron chi connectivity index (χ1n) is 7.14. The standard InChI is InChI=1S/C17H19N3O/c1-12(2)21-17-9-4-3-6-13(17)10-18-15-7-5-8-16-14(15)11-19-20-16/h3-9,11-12,18H,10H2,1-2H3,(H,19,20). The second-order valence-electron chi connectivity index (χ2n) is 5.26. The van der Waals surface area contributed by atoms with E-state index in [2.05, 4.69) is 27.6 Å². The lowest BCUT2D eigenvalue weighted by atomic mass is 10.1. The zero-order valence-electron chi connectivity index (χ0n) is 12.3. The maximum absolute atomic E-state index is 5.85. The van der Waals surface area contributed by atoms with Crippen LogP contribution in [0.5, 0.6) is 5.75 Å². The first-order valence-corrected chi connectivity index (χ1v) is 7.14. The summed E-state index contributed by atoms with van der Waals surface area (Å²) in [5.41, 5.74) is 3.25. The lowest BCUT2D eigenvalue weighted by Crippen LogP contribution is -2.09. The van der Waals surface area contributed by atoms with Gasteiger partial charge in [0.05, 0.1) is 17.8 Å². The number of para-hydroxylation sites is 1. The van der Waals surface area contributed by atoms with Crippen LogP contribution in [-0.2, 0) is 6.54 Å². The highest BCUT2D eigenvalue weighted by Crippen LogP contribution is 2.24. The molecule has 0 spiro atoms. The molecule has 4 heteroatoms. The van der Waals surface area contributed by atoms with Crippen LogP contribution < -0.4 is 10.1 Å². The minimum atomic E-state index is 0.170. The summed E-state index contributed by atoms with van der Waals surface area (Å²) in [5, 5.41) is 11.6. The average molecular weight is 281 g/mol. The molecule has 0 aliphatic carbocycles. The third-order valence-electron chi connectivity index (χ3n) is 3.29. The summed E-state index contributed by atoms with van der Waals surface area (Å²) in [4.78, 5) is 0. The molecule has 0 bridgehead atoms. The number of nitrogens with zero attached hydrogens (tertiary/aromatic N) is 1. The maximum Gasteiger partial charge on any atom is 0.124 e. The minimum absolute atomic E-state index is 0.170. The van der Waals surface area contributed by atoms with E-state index in [0.29, 0.717) is 6.54 Å². The van der Waals surface area contributed by atoms with E-state index in [9.17, 15) is 0 Å². The van der Waals surface area contributed by atoms with Gasteiger partial charge >= 0.3 is 0 Å². The van der Waals surface area contributed by atoms with Crippen LogP contribution in [0.4, 0.5) is 5.69 Å². The number of benzene rings is 2. The van der Waals surface area contributed by atoms with E-state index in [1.807, 2.05) is 50.4 Å². The zero-order chi connectivity index (χ0) is 14.7. The van der Waals surface area contributed by atoms with Gasteiger partial charge in [0.25, 0.3) is 0 Å². The molecule has 0 atom stereocenters. The Morgan fingerprint density at radius 1 is 1.14 bits per heavy atom. The summed E-state index contributed by atoms with van der Waals surface area (Å²) < 4.78 is 5.85. The van der Waals surface area contributed by atoms with Gasteiger partial charge in [0.2, 0.25) is 0 Å². The maximum atomic E-state index is 5.85. The van der Waals surface area contributed by atoms with Gasteiger partial charge in [-0.2, -0.15) is 5.10 Å². The van der Waals surface area contributed by atoms with E-state index in [1.165, 1.54) is 0 Å². The lowest BCUT2D eigenvalue weighted by molar-refractivity contribution is 0.240. The van der Waals surface area contributed by atoms with Crippen LogP contribution in [0.15, 0.2) is 48.7 Å². The molecule has 0 saturated heterocycles. The molecule has 1 aromatic heterocycles. The number of anilines is 1. The van der Waals surface area contributed by atoms with Crippen LogP contribution in [0.3, 0.4) is 0 Å². The molecule has 0 fully saturated rings. The Morgan fingerprint density at radius 2 is 2.00 bits per heavy atom. The molecule has 3 rings (SSSR count). The molecule has 21 heavy (non-hydrogen) atoms. The highest BCUT2D eigenvalue weighted by Gasteiger charge is 2.06. The number of hydrogen-bond donors (Lipinski definition) is 2. The van der Waals surface area contributed by atoms with Gasteiger partial charge < -0.3 is 10.1 Å². The number of hydrogen-bond acceptors (Lipinski definition) is 3. The quantitative estimate of drug-likeness (QED) is 0.744. The van der Waals surface area contributed by atoms with Crippen molar-refractivity contribution in [2.24, 2.45) is 0 Å². The fraction of sp³-hybridized carbons (Fsp3) is 0.235. The molecule has 0 saturated carbocycles. The van der Waals surface area contributed by atoms with E-state index < -0.39 is 0 Å². The number of nitrogens with one attached hydrogen (secondary N) is 2. The Morgan fingerprint density at radius 3 is 2.86 bits per heavy atom. The van der Waals surface area contributed by atoms with Gasteiger partial charge in [-0.3, -0.25) is 5.10 Å². The van der Waals surface area contributed by atoms with Crippen LogP contribution in [-0.4, -0.2) is 16.3 Å². The Hall–Kier alpha value is -2.49. The van der Waals surface area contributed by atoms with Gasteiger partial charge in [0, 0.05) is 23.2 Å². The van der Waals surface area contributed by atoms with E-state index in [0.717, 1.165) is 27.9 Å². The Bertz CT molecular complexity index is 733. The Balaban J connectivity index is 1.80. The number of rotatable bonds is 5. The molecular formula is C17H19N3O. The second kappa shape index (κ2) is 5.87. The van der Waals surface area contributed by atoms with Crippen molar-refractivity contribution >= 4 is 16.6 Å². The van der Waals surface area contributed by atoms with Gasteiger partial charge in [-0.05, 0) is 32.0 Å². The first kappa shape index (κ1) is 13.5. The molecule has 3 aromatic rings. The van der Waals surface area contributed by atoms with Gasteiger partial charge in [-0.15, -0.1) is 0 Å². The third-order valence-corrected chi connectivity index (χ3v) is 3.29. The van der Waals surface area contributed by atoms with Crippen LogP contribution in [0.1, 0.15) is 19.4 Å². The summed E-state index contributed by atoms with van der Waals surface area (Å²) in [6.45, 7) is 4.79. The van der Waals surface area contributed by atoms with Crippen molar-refractivity contribution < 1.29 is 4.74 Å². The number of aromatic amines is 1. The fourth-order valence-corrected chi connectivity index (χ4v) is 2.33. The van der Waals surface area contributed by atoms with E-state index in [-0.39, 0.29) is 6.10 Å². The Kier molecular flexibility index (Phi) is 3.77. The van der Waals surface area contributed by atoms with Gasteiger partial charge in [-0.1, -0.05) is 24.3 Å². The molecule has 4 nitrogen and oxygen atoms in total. The first-order chi connectivity index (χ1) is 10.2. The largest absolute Gasteiger partial charge is 0.491 e. The molecule has 0 radical (unpaired) electrons. The summed E-state index contributed by atoms with van der Waals surface area (Å²) in [6, 6.07) is 14.2. The molecule has 2 aromatic carbocycles. The van der Waals surface area contributed by atoms with Crippen LogP contribution in [0.25, 0.3) is 10.9 Å². The molecule has 1 heterocycles. The van der Waals surface area contributed by atoms with Gasteiger partial charge in [0.15, 0.2) is 0 Å². The van der Waals surface area contributed by atoms with E-state index in [1.54, 1.807) is 0 Å². The molecule has 0 amide bonds. The summed E-state index contributed by atoms with van der Waals surface area (Å²) in [6.07, 6.45) is 2.01. The number of ether oxygens (including phenoxy) is 1. The second-order valence-corrected chi connectivity index (χ2v) is 5.26. The summed E-state index contributed by atoms with van der Waals surface area (Å²) in [7, 11) is 0. The van der Waals surface area contributed by atoms with Crippen molar-refractivity contribution in [1.29, 1.82) is 0 Å². The smallest absolute Gasteiger partial charge is 0.124 e. The van der Waals surface area contributed by atoms with Crippen molar-refractivity contribution in [3.05, 3.63) is 54.2 Å². The molecule has 0 aliphatic rings. The Labute approximate surface area is 124 Å². The van der Waals surface area contributed by atoms with Crippen LogP contribution in [0, 0.1) is 0 Å². The zero-order valence-corrected chi connectivity index (χ0v) is 12.3. The monoisotopic (exact) mass is 281 g/mol. The average Bonchev–Trinajstić information content (AvgIpc) is 2.95. The fourth-order valence-electron chi connectivity index (χ4n) is 2.33. The van der Waals surface area contributed by atoms with Crippen molar-refractivity contribution in [1.82, 2.24) is 10.2 Å². The van der Waals surface area contributed by atoms with Crippen LogP contribution >= 0.6 is 0 Å². The van der Waals surface area contributed by atoms with Crippen molar-refractivity contribution in [3.63, 3.8) is 0 Å². The highest BCUT2D eigenvalue weighted by atomic mass is 16.5. The van der Waals surface area contributed by atoms with E-state index in [4.69, 9.17) is 4.74 Å². The van der Waals surface area contributed by atoms with Crippen molar-refractivity contribution in [2.75, 3.05) is 5.32 Å². The normalized spacial score (nSPS) is 11.0. The highest BCUT2D eigenvalue weighted by molar-refractivity contribution is 5.90. The van der Waals surface area contributed by atoms with E-state index >= 15 is 0 Å². The molecule has 0 unspecified atom stereocenters. The SMILES string of the molecule is CC(C)Oc1ccccc1CNc1cccc2[nH]ncc12.